The first-order chi connectivity index (χ1) is 19.2. The van der Waals surface area contributed by atoms with Crippen LogP contribution >= 0.6 is 0 Å². The van der Waals surface area contributed by atoms with Gasteiger partial charge in [0.1, 0.15) is 0 Å². The van der Waals surface area contributed by atoms with Gasteiger partial charge < -0.3 is 15.4 Å². The Kier molecular flexibility index (Phi) is 7.96. The first-order valence-electron chi connectivity index (χ1n) is 13.7. The zero-order valence-electron chi connectivity index (χ0n) is 23.6. The molecule has 0 atom stereocenters. The largest absolute Gasteiger partial charge is 0.379 e. The molecule has 0 saturated carbocycles. The number of nitrogens with one attached hydrogen (secondary N) is 2. The quantitative estimate of drug-likeness (QED) is 0.262. The lowest BCUT2D eigenvalue weighted by molar-refractivity contribution is 0.0336. The minimum Gasteiger partial charge on any atom is -0.379 e. The van der Waals surface area contributed by atoms with Crippen molar-refractivity contribution in [3.05, 3.63) is 89.7 Å². The summed E-state index contributed by atoms with van der Waals surface area (Å²) in [5, 5.41) is 7.89. The van der Waals surface area contributed by atoms with Gasteiger partial charge in [0.25, 0.3) is 0 Å². The molecule has 2 amide bonds. The number of morpholine rings is 1. The van der Waals surface area contributed by atoms with Gasteiger partial charge in [0.15, 0.2) is 5.78 Å². The lowest BCUT2D eigenvalue weighted by Gasteiger charge is -2.26. The molecule has 40 heavy (non-hydrogen) atoms. The Morgan fingerprint density at radius 3 is 2.33 bits per heavy atom. The van der Waals surface area contributed by atoms with Crippen molar-refractivity contribution in [3.63, 3.8) is 0 Å². The van der Waals surface area contributed by atoms with Gasteiger partial charge in [-0.3, -0.25) is 14.7 Å². The molecule has 1 fully saturated rings. The third-order valence-corrected chi connectivity index (χ3v) is 7.23. The summed E-state index contributed by atoms with van der Waals surface area (Å²) in [6, 6.07) is 21.2. The van der Waals surface area contributed by atoms with Crippen LogP contribution < -0.4 is 10.6 Å². The highest BCUT2D eigenvalue weighted by atomic mass is 16.5. The summed E-state index contributed by atoms with van der Waals surface area (Å²) in [4.78, 5) is 32.9. The number of amides is 2. The number of carbonyl (C=O) groups is 2. The van der Waals surface area contributed by atoms with Crippen molar-refractivity contribution >= 4 is 34.0 Å². The second-order valence-electron chi connectivity index (χ2n) is 11.3. The lowest BCUT2D eigenvalue weighted by atomic mass is 9.86. The number of urea groups is 1. The van der Waals surface area contributed by atoms with E-state index in [1.165, 1.54) is 0 Å². The number of aryl methyl sites for hydroxylation is 1. The lowest BCUT2D eigenvalue weighted by Crippen LogP contribution is -2.35. The molecule has 2 heterocycles. The number of ketones is 1. The van der Waals surface area contributed by atoms with Crippen molar-refractivity contribution in [1.82, 2.24) is 9.88 Å². The highest BCUT2D eigenvalue weighted by Crippen LogP contribution is 2.33. The summed E-state index contributed by atoms with van der Waals surface area (Å²) in [5.41, 5.74) is 5.37. The van der Waals surface area contributed by atoms with Crippen LogP contribution in [0.1, 0.15) is 42.4 Å². The van der Waals surface area contributed by atoms with E-state index >= 15 is 0 Å². The first-order valence-corrected chi connectivity index (χ1v) is 13.7. The molecule has 7 nitrogen and oxygen atoms in total. The minimum atomic E-state index is -0.506. The van der Waals surface area contributed by atoms with Crippen molar-refractivity contribution in [2.75, 3.05) is 36.9 Å². The molecule has 1 aromatic heterocycles. The molecule has 1 aliphatic heterocycles. The predicted octanol–water partition coefficient (Wildman–Crippen LogP) is 6.92. The Morgan fingerprint density at radius 2 is 1.62 bits per heavy atom. The van der Waals surface area contributed by atoms with Crippen molar-refractivity contribution in [1.29, 1.82) is 0 Å². The smallest absolute Gasteiger partial charge is 0.323 e. The number of rotatable bonds is 6. The molecule has 5 rings (SSSR count). The molecule has 3 aromatic carbocycles. The number of hydrogen-bond acceptors (Lipinski definition) is 5. The number of aromatic nitrogens is 1. The van der Waals surface area contributed by atoms with Gasteiger partial charge in [-0.15, -0.1) is 0 Å². The van der Waals surface area contributed by atoms with Gasteiger partial charge in [0.2, 0.25) is 0 Å². The van der Waals surface area contributed by atoms with E-state index in [9.17, 15) is 9.59 Å². The molecule has 0 spiro atoms. The Morgan fingerprint density at radius 1 is 0.900 bits per heavy atom. The molecule has 0 radical (unpaired) electrons. The number of benzene rings is 3. The predicted molar refractivity (Wildman–Crippen MR) is 161 cm³/mol. The highest BCUT2D eigenvalue weighted by Gasteiger charge is 2.23. The van der Waals surface area contributed by atoms with Gasteiger partial charge >= 0.3 is 6.03 Å². The van der Waals surface area contributed by atoms with Crippen LogP contribution in [0.3, 0.4) is 0 Å². The van der Waals surface area contributed by atoms with Crippen molar-refractivity contribution in [2.24, 2.45) is 5.41 Å². The molecule has 206 valence electrons. The molecule has 4 aromatic rings. The van der Waals surface area contributed by atoms with Crippen LogP contribution in [0.4, 0.5) is 16.2 Å². The normalized spacial score (nSPS) is 14.2. The number of ether oxygens (including phenoxy) is 1. The van der Waals surface area contributed by atoms with Crippen LogP contribution in [0.25, 0.3) is 21.9 Å². The number of carbonyl (C=O) groups excluding carboxylic acids is 2. The van der Waals surface area contributed by atoms with Gasteiger partial charge in [-0.1, -0.05) is 69.3 Å². The molecule has 0 aliphatic carbocycles. The zero-order chi connectivity index (χ0) is 28.3. The van der Waals surface area contributed by atoms with Gasteiger partial charge in [-0.2, -0.15) is 0 Å². The minimum absolute atomic E-state index is 0.0289. The average Bonchev–Trinajstić information content (AvgIpc) is 2.95. The summed E-state index contributed by atoms with van der Waals surface area (Å²) in [5.74, 6) is 0.0289. The van der Waals surface area contributed by atoms with E-state index in [1.54, 1.807) is 6.07 Å². The summed E-state index contributed by atoms with van der Waals surface area (Å²) < 4.78 is 5.44. The third-order valence-electron chi connectivity index (χ3n) is 7.23. The van der Waals surface area contributed by atoms with E-state index in [0.717, 1.165) is 66.0 Å². The molecule has 2 N–H and O–H groups in total. The Balaban J connectivity index is 1.35. The van der Waals surface area contributed by atoms with Gasteiger partial charge in [0.05, 0.1) is 24.6 Å². The number of fused-ring (bicyclic) bond motifs is 1. The SMILES string of the molecule is Cc1ccc(C(=O)C(C)(C)C)cc1NC(=O)Nc1ccc(-c2ccc(CN3CCOCC3)nc2)c2ccccc12. The average molecular weight is 537 g/mol. The first kappa shape index (κ1) is 27.5. The number of anilines is 2. The maximum absolute atomic E-state index is 13.1. The van der Waals surface area contributed by atoms with Gasteiger partial charge in [-0.25, -0.2) is 4.79 Å². The van der Waals surface area contributed by atoms with E-state index in [2.05, 4.69) is 33.7 Å². The fraction of sp³-hybridized carbons (Fsp3) is 0.303. The summed E-state index contributed by atoms with van der Waals surface area (Å²) >= 11 is 0. The highest BCUT2D eigenvalue weighted by molar-refractivity contribution is 6.10. The van der Waals surface area contributed by atoms with Crippen LogP contribution in [0.5, 0.6) is 0 Å². The summed E-state index contributed by atoms with van der Waals surface area (Å²) in [7, 11) is 0. The van der Waals surface area contributed by atoms with Crippen molar-refractivity contribution < 1.29 is 14.3 Å². The van der Waals surface area contributed by atoms with E-state index in [-0.39, 0.29) is 11.8 Å². The molecular formula is C33H36N4O3. The monoisotopic (exact) mass is 536 g/mol. The number of pyridine rings is 1. The number of Topliss-reactive ketones (excluding diaryl/α,β-unsaturated/α-hetero) is 1. The number of hydrogen-bond donors (Lipinski definition) is 2. The van der Waals surface area contributed by atoms with Crippen LogP contribution in [0.2, 0.25) is 0 Å². The Labute approximate surface area is 235 Å². The number of nitrogens with zero attached hydrogens (tertiary/aromatic N) is 2. The fourth-order valence-corrected chi connectivity index (χ4v) is 4.93. The van der Waals surface area contributed by atoms with E-state index in [1.807, 2.05) is 76.4 Å². The zero-order valence-corrected chi connectivity index (χ0v) is 23.6. The summed E-state index contributed by atoms with van der Waals surface area (Å²) in [6.45, 7) is 11.8. The van der Waals surface area contributed by atoms with Crippen LogP contribution in [-0.2, 0) is 11.3 Å². The van der Waals surface area contributed by atoms with Crippen LogP contribution in [0, 0.1) is 12.3 Å². The Bertz CT molecular complexity index is 1530. The van der Waals surface area contributed by atoms with E-state index in [0.29, 0.717) is 16.9 Å². The maximum Gasteiger partial charge on any atom is 0.323 e. The molecule has 0 bridgehead atoms. The third kappa shape index (κ3) is 6.22. The van der Waals surface area contributed by atoms with E-state index in [4.69, 9.17) is 9.72 Å². The topological polar surface area (TPSA) is 83.6 Å². The molecule has 0 unspecified atom stereocenters. The van der Waals surface area contributed by atoms with Crippen molar-refractivity contribution in [2.45, 2.75) is 34.2 Å². The molecule has 7 heteroatoms. The molecule has 1 saturated heterocycles. The second-order valence-corrected chi connectivity index (χ2v) is 11.3. The van der Waals surface area contributed by atoms with Crippen LogP contribution in [0.15, 0.2) is 72.9 Å². The van der Waals surface area contributed by atoms with Crippen LogP contribution in [-0.4, -0.2) is 48.0 Å². The van der Waals surface area contributed by atoms with E-state index < -0.39 is 5.41 Å². The van der Waals surface area contributed by atoms with Gasteiger partial charge in [0, 0.05) is 53.4 Å². The fourth-order valence-electron chi connectivity index (χ4n) is 4.93. The standard InChI is InChI=1S/C33H36N4O3/c1-22-9-10-23(31(38)33(2,3)4)19-30(22)36-32(39)35-29-14-13-26(27-7-5-6-8-28(27)29)24-11-12-25(34-20-24)21-37-15-17-40-18-16-37/h5-14,19-20H,15-18,21H2,1-4H3,(H2,35,36,39). The second kappa shape index (κ2) is 11.6. The summed E-state index contributed by atoms with van der Waals surface area (Å²) in [6.07, 6.45) is 1.92. The maximum atomic E-state index is 13.1. The van der Waals surface area contributed by atoms with Gasteiger partial charge in [-0.05, 0) is 41.6 Å². The molecular weight excluding hydrogens is 500 g/mol. The molecule has 1 aliphatic rings. The Hall–Kier alpha value is -4.07. The van der Waals surface area contributed by atoms with Crippen molar-refractivity contribution in [3.8, 4) is 11.1 Å².